The van der Waals surface area contributed by atoms with Crippen molar-refractivity contribution in [3.05, 3.63) is 41.6 Å². The molecular weight excluding hydrogens is 378 g/mol. The van der Waals surface area contributed by atoms with Gasteiger partial charge in [0.05, 0.1) is 11.3 Å². The second-order valence-electron chi connectivity index (χ2n) is 6.78. The number of amides is 1. The van der Waals surface area contributed by atoms with Crippen LogP contribution in [0.4, 0.5) is 11.5 Å². The van der Waals surface area contributed by atoms with Gasteiger partial charge in [0.2, 0.25) is 6.79 Å². The monoisotopic (exact) mass is 397 g/mol. The van der Waals surface area contributed by atoms with Gasteiger partial charge in [-0.3, -0.25) is 9.59 Å². The molecule has 2 aliphatic rings. The zero-order valence-corrected chi connectivity index (χ0v) is 15.7. The van der Waals surface area contributed by atoms with E-state index in [4.69, 9.17) is 14.2 Å². The predicted octanol–water partition coefficient (Wildman–Crippen LogP) is 2.38. The Morgan fingerprint density at radius 2 is 1.93 bits per heavy atom. The number of hydrogen-bond donors (Lipinski definition) is 2. The first kappa shape index (κ1) is 18.7. The second-order valence-corrected chi connectivity index (χ2v) is 6.78. The van der Waals surface area contributed by atoms with Gasteiger partial charge in [0.25, 0.3) is 5.91 Å². The fourth-order valence-electron chi connectivity index (χ4n) is 2.77. The summed E-state index contributed by atoms with van der Waals surface area (Å²) in [5, 5.41) is 5.79. The molecule has 1 aliphatic carbocycles. The molecule has 150 valence electrons. The van der Waals surface area contributed by atoms with E-state index in [1.54, 1.807) is 12.1 Å². The van der Waals surface area contributed by atoms with Gasteiger partial charge in [0.1, 0.15) is 5.82 Å². The Kier molecular flexibility index (Phi) is 5.03. The van der Waals surface area contributed by atoms with Crippen molar-refractivity contribution in [2.24, 2.45) is 0 Å². The van der Waals surface area contributed by atoms with Gasteiger partial charge < -0.3 is 24.8 Å². The lowest BCUT2D eigenvalue weighted by Crippen LogP contribution is -2.22. The minimum atomic E-state index is -0.664. The average Bonchev–Trinajstić information content (AvgIpc) is 3.40. The first-order valence-corrected chi connectivity index (χ1v) is 9.14. The molecule has 0 unspecified atom stereocenters. The molecule has 9 heteroatoms. The molecule has 9 nitrogen and oxygen atoms in total. The van der Waals surface area contributed by atoms with Crippen LogP contribution in [0.5, 0.6) is 11.5 Å². The number of carbonyl (C=O) groups is 3. The summed E-state index contributed by atoms with van der Waals surface area (Å²) in [6.07, 6.45) is 3.64. The van der Waals surface area contributed by atoms with Crippen molar-refractivity contribution in [2.45, 2.75) is 25.8 Å². The quantitative estimate of drug-likeness (QED) is 0.540. The van der Waals surface area contributed by atoms with Crippen LogP contribution >= 0.6 is 0 Å². The first-order valence-electron chi connectivity index (χ1n) is 9.14. The number of rotatable bonds is 7. The smallest absolute Gasteiger partial charge is 0.340 e. The molecule has 1 amide bonds. The van der Waals surface area contributed by atoms with Crippen molar-refractivity contribution in [1.29, 1.82) is 0 Å². The number of anilines is 2. The van der Waals surface area contributed by atoms with Crippen LogP contribution in [0.2, 0.25) is 0 Å². The third kappa shape index (κ3) is 4.45. The molecule has 0 spiro atoms. The van der Waals surface area contributed by atoms with Crippen LogP contribution in [0.3, 0.4) is 0 Å². The number of nitrogens with one attached hydrogen (secondary N) is 2. The van der Waals surface area contributed by atoms with Crippen LogP contribution in [-0.2, 0) is 9.53 Å². The fraction of sp³-hybridized carbons (Fsp3) is 0.300. The van der Waals surface area contributed by atoms with E-state index in [0.29, 0.717) is 23.4 Å². The largest absolute Gasteiger partial charge is 0.454 e. The Balaban J connectivity index is 1.35. The Hall–Kier alpha value is -3.62. The fourth-order valence-corrected chi connectivity index (χ4v) is 2.77. The van der Waals surface area contributed by atoms with Crippen LogP contribution in [0.15, 0.2) is 30.5 Å². The Labute approximate surface area is 166 Å². The van der Waals surface area contributed by atoms with Crippen molar-refractivity contribution in [1.82, 2.24) is 4.98 Å². The Morgan fingerprint density at radius 3 is 2.59 bits per heavy atom. The molecule has 4 rings (SSSR count). The highest BCUT2D eigenvalue weighted by Crippen LogP contribution is 2.37. The number of esters is 1. The van der Waals surface area contributed by atoms with E-state index >= 15 is 0 Å². The SMILES string of the molecule is CC(=O)c1cc2c(cc1NC(=O)COC(=O)c1ccc(NC3CC3)nc1)OCO2. The van der Waals surface area contributed by atoms with Gasteiger partial charge in [0, 0.05) is 23.9 Å². The lowest BCUT2D eigenvalue weighted by Gasteiger charge is -2.11. The number of Topliss-reactive ketones (excluding diaryl/α,β-unsaturated/α-hetero) is 1. The number of carbonyl (C=O) groups excluding carboxylic acids is 3. The van der Waals surface area contributed by atoms with Gasteiger partial charge in [-0.2, -0.15) is 0 Å². The van der Waals surface area contributed by atoms with E-state index in [9.17, 15) is 14.4 Å². The highest BCUT2D eigenvalue weighted by molar-refractivity contribution is 6.05. The van der Waals surface area contributed by atoms with E-state index in [2.05, 4.69) is 15.6 Å². The zero-order chi connectivity index (χ0) is 20.4. The summed E-state index contributed by atoms with van der Waals surface area (Å²) < 4.78 is 15.5. The van der Waals surface area contributed by atoms with Gasteiger partial charge in [-0.15, -0.1) is 0 Å². The van der Waals surface area contributed by atoms with E-state index < -0.39 is 18.5 Å². The molecule has 0 bridgehead atoms. The highest BCUT2D eigenvalue weighted by atomic mass is 16.7. The van der Waals surface area contributed by atoms with Gasteiger partial charge in [-0.1, -0.05) is 0 Å². The lowest BCUT2D eigenvalue weighted by atomic mass is 10.1. The lowest BCUT2D eigenvalue weighted by molar-refractivity contribution is -0.119. The summed E-state index contributed by atoms with van der Waals surface area (Å²) in [6, 6.07) is 6.76. The number of aromatic nitrogens is 1. The summed E-state index contributed by atoms with van der Waals surface area (Å²) in [6.45, 7) is 0.916. The highest BCUT2D eigenvalue weighted by Gasteiger charge is 2.22. The van der Waals surface area contributed by atoms with E-state index in [0.717, 1.165) is 12.8 Å². The van der Waals surface area contributed by atoms with Crippen LogP contribution in [-0.4, -0.2) is 42.1 Å². The molecule has 1 aromatic carbocycles. The zero-order valence-electron chi connectivity index (χ0n) is 15.7. The van der Waals surface area contributed by atoms with Crippen molar-refractivity contribution >= 4 is 29.2 Å². The molecule has 0 atom stereocenters. The van der Waals surface area contributed by atoms with Crippen LogP contribution in [0.25, 0.3) is 0 Å². The van der Waals surface area contributed by atoms with Gasteiger partial charge in [-0.05, 0) is 38.0 Å². The van der Waals surface area contributed by atoms with Gasteiger partial charge in [0.15, 0.2) is 23.9 Å². The maximum atomic E-state index is 12.2. The maximum absolute atomic E-state index is 12.2. The van der Waals surface area contributed by atoms with Crippen molar-refractivity contribution < 1.29 is 28.6 Å². The molecule has 0 radical (unpaired) electrons. The Morgan fingerprint density at radius 1 is 1.17 bits per heavy atom. The van der Waals surface area contributed by atoms with Crippen LogP contribution < -0.4 is 20.1 Å². The topological polar surface area (TPSA) is 116 Å². The summed E-state index contributed by atoms with van der Waals surface area (Å²) in [5.41, 5.74) is 0.781. The third-order valence-corrected chi connectivity index (χ3v) is 4.43. The molecular formula is C20H19N3O6. The summed E-state index contributed by atoms with van der Waals surface area (Å²) >= 11 is 0. The number of pyridine rings is 1. The maximum Gasteiger partial charge on any atom is 0.340 e. The molecule has 2 heterocycles. The molecule has 29 heavy (non-hydrogen) atoms. The van der Waals surface area contributed by atoms with Crippen LogP contribution in [0.1, 0.15) is 40.5 Å². The molecule has 1 fully saturated rings. The van der Waals surface area contributed by atoms with E-state index in [1.807, 2.05) is 0 Å². The number of ketones is 1. The number of hydrogen-bond acceptors (Lipinski definition) is 8. The summed E-state index contributed by atoms with van der Waals surface area (Å²) in [7, 11) is 0. The van der Waals surface area contributed by atoms with E-state index in [1.165, 1.54) is 25.3 Å². The first-order chi connectivity index (χ1) is 14.0. The number of fused-ring (bicyclic) bond motifs is 1. The number of nitrogens with zero attached hydrogens (tertiary/aromatic N) is 1. The second kappa shape index (κ2) is 7.78. The average molecular weight is 397 g/mol. The van der Waals surface area contributed by atoms with Gasteiger partial charge >= 0.3 is 5.97 Å². The minimum Gasteiger partial charge on any atom is -0.454 e. The standard InChI is InChI=1S/C20H19N3O6/c1-11(24)14-6-16-17(29-10-28-16)7-15(14)23-19(25)9-27-20(26)12-2-5-18(21-8-12)22-13-3-4-13/h2,5-8,13H,3-4,9-10H2,1H3,(H,21,22)(H,23,25). The summed E-state index contributed by atoms with van der Waals surface area (Å²) in [5.74, 6) is 0.0609. The number of benzene rings is 1. The molecule has 1 aromatic heterocycles. The van der Waals surface area contributed by atoms with Crippen molar-refractivity contribution in [2.75, 3.05) is 24.0 Å². The van der Waals surface area contributed by atoms with Crippen LogP contribution in [0, 0.1) is 0 Å². The van der Waals surface area contributed by atoms with Crippen molar-refractivity contribution in [3.63, 3.8) is 0 Å². The van der Waals surface area contributed by atoms with Crippen molar-refractivity contribution in [3.8, 4) is 11.5 Å². The molecule has 2 N–H and O–H groups in total. The van der Waals surface area contributed by atoms with E-state index in [-0.39, 0.29) is 29.4 Å². The normalized spacial score (nSPS) is 14.2. The minimum absolute atomic E-state index is 0.0463. The number of ether oxygens (including phenoxy) is 3. The molecule has 2 aromatic rings. The Bertz CT molecular complexity index is 969. The predicted molar refractivity (Wildman–Crippen MR) is 102 cm³/mol. The van der Waals surface area contributed by atoms with Gasteiger partial charge in [-0.25, -0.2) is 9.78 Å². The summed E-state index contributed by atoms with van der Waals surface area (Å²) in [4.78, 5) is 40.3. The molecule has 1 saturated carbocycles. The third-order valence-electron chi connectivity index (χ3n) is 4.43. The molecule has 1 aliphatic heterocycles. The molecule has 0 saturated heterocycles.